The fraction of sp³-hybridized carbons (Fsp3) is 0.400. The first-order chi connectivity index (χ1) is 13.9. The summed E-state index contributed by atoms with van der Waals surface area (Å²) < 4.78 is 56.6. The summed E-state index contributed by atoms with van der Waals surface area (Å²) in [5.41, 5.74) is 1.05. The molecule has 9 heteroatoms. The minimum Gasteiger partial charge on any atom is -0.495 e. The van der Waals surface area contributed by atoms with Gasteiger partial charge in [-0.2, -0.15) is 4.31 Å². The lowest BCUT2D eigenvalue weighted by molar-refractivity contribution is 0.181. The Morgan fingerprint density at radius 2 is 1.48 bits per heavy atom. The van der Waals surface area contributed by atoms with Gasteiger partial charge in [-0.15, -0.1) is 0 Å². The average Bonchev–Trinajstić information content (AvgIpc) is 2.74. The predicted octanol–water partition coefficient (Wildman–Crippen LogP) is 2.36. The van der Waals surface area contributed by atoms with E-state index in [9.17, 15) is 12.8 Å². The highest BCUT2D eigenvalue weighted by Crippen LogP contribution is 2.30. The lowest BCUT2D eigenvalue weighted by Gasteiger charge is -2.34. The Hall–Kier alpha value is -2.36. The molecule has 0 aliphatic carbocycles. The molecule has 158 valence electrons. The maximum Gasteiger partial charge on any atom is 0.246 e. The first kappa shape index (κ1) is 21.4. The van der Waals surface area contributed by atoms with Gasteiger partial charge >= 0.3 is 0 Å². The normalized spacial score (nSPS) is 15.9. The Morgan fingerprint density at radius 3 is 2.10 bits per heavy atom. The Labute approximate surface area is 170 Å². The van der Waals surface area contributed by atoms with Gasteiger partial charge < -0.3 is 14.2 Å². The monoisotopic (exact) mass is 424 g/mol. The molecule has 1 heterocycles. The third-order valence-corrected chi connectivity index (χ3v) is 6.85. The van der Waals surface area contributed by atoms with E-state index in [0.717, 1.165) is 11.6 Å². The molecule has 7 nitrogen and oxygen atoms in total. The summed E-state index contributed by atoms with van der Waals surface area (Å²) in [7, 11) is 0.708. The van der Waals surface area contributed by atoms with Crippen molar-refractivity contribution in [1.82, 2.24) is 9.21 Å². The molecule has 0 spiro atoms. The number of nitrogens with zero attached hydrogens (tertiary/aromatic N) is 2. The van der Waals surface area contributed by atoms with Gasteiger partial charge in [0.2, 0.25) is 10.0 Å². The predicted molar refractivity (Wildman–Crippen MR) is 107 cm³/mol. The fourth-order valence-electron chi connectivity index (χ4n) is 3.36. The van der Waals surface area contributed by atoms with Crippen LogP contribution in [0.2, 0.25) is 0 Å². The first-order valence-corrected chi connectivity index (χ1v) is 10.6. The van der Waals surface area contributed by atoms with Gasteiger partial charge in [0.05, 0.1) is 21.3 Å². The second-order valence-corrected chi connectivity index (χ2v) is 8.57. The summed E-state index contributed by atoms with van der Waals surface area (Å²) in [5, 5.41) is 0. The number of hydrogen-bond acceptors (Lipinski definition) is 6. The van der Waals surface area contributed by atoms with Crippen LogP contribution in [0.1, 0.15) is 5.56 Å². The van der Waals surface area contributed by atoms with Gasteiger partial charge in [0.25, 0.3) is 0 Å². The Morgan fingerprint density at radius 1 is 0.862 bits per heavy atom. The fourth-order valence-corrected chi connectivity index (χ4v) is 4.95. The highest BCUT2D eigenvalue weighted by molar-refractivity contribution is 7.89. The molecule has 1 aliphatic rings. The average molecular weight is 424 g/mol. The molecule has 0 bridgehead atoms. The van der Waals surface area contributed by atoms with E-state index in [1.807, 2.05) is 18.2 Å². The number of methoxy groups -OCH3 is 3. The Kier molecular flexibility index (Phi) is 6.61. The largest absolute Gasteiger partial charge is 0.495 e. The third-order valence-electron chi connectivity index (χ3n) is 4.93. The summed E-state index contributed by atoms with van der Waals surface area (Å²) in [4.78, 5) is 2.02. The van der Waals surface area contributed by atoms with Crippen molar-refractivity contribution in [2.45, 2.75) is 11.4 Å². The van der Waals surface area contributed by atoms with E-state index in [1.54, 1.807) is 14.2 Å². The number of ether oxygens (including phenoxy) is 3. The summed E-state index contributed by atoms with van der Waals surface area (Å²) in [6.45, 7) is 2.42. The lowest BCUT2D eigenvalue weighted by atomic mass is 10.1. The van der Waals surface area contributed by atoms with Crippen molar-refractivity contribution >= 4 is 10.0 Å². The number of benzene rings is 2. The van der Waals surface area contributed by atoms with Gasteiger partial charge in [-0.05, 0) is 35.9 Å². The standard InChI is InChI=1S/C20H25FN2O5S/c1-26-17-6-4-15(12-19(17)28-3)14-22-8-10-23(11-9-22)29(24,25)20-13-16(21)5-7-18(20)27-2/h4-7,12-13H,8-11,14H2,1-3H3. The molecular formula is C20H25FN2O5S. The zero-order chi connectivity index (χ0) is 21.0. The van der Waals surface area contributed by atoms with Gasteiger partial charge in [-0.1, -0.05) is 6.07 Å². The number of halogens is 1. The molecule has 29 heavy (non-hydrogen) atoms. The van der Waals surface area contributed by atoms with E-state index in [-0.39, 0.29) is 10.6 Å². The minimum absolute atomic E-state index is 0.138. The van der Waals surface area contributed by atoms with E-state index < -0.39 is 15.8 Å². The summed E-state index contributed by atoms with van der Waals surface area (Å²) in [6, 6.07) is 9.24. The molecule has 2 aromatic carbocycles. The number of sulfonamides is 1. The third kappa shape index (κ3) is 4.63. The molecule has 0 saturated carbocycles. The molecule has 3 rings (SSSR count). The second kappa shape index (κ2) is 8.98. The van der Waals surface area contributed by atoms with E-state index in [1.165, 1.54) is 23.5 Å². The van der Waals surface area contributed by atoms with Crippen LogP contribution in [0.3, 0.4) is 0 Å². The molecule has 2 aromatic rings. The molecule has 0 radical (unpaired) electrons. The van der Waals surface area contributed by atoms with E-state index >= 15 is 0 Å². The second-order valence-electron chi connectivity index (χ2n) is 6.66. The first-order valence-electron chi connectivity index (χ1n) is 9.16. The lowest BCUT2D eigenvalue weighted by Crippen LogP contribution is -2.48. The zero-order valence-electron chi connectivity index (χ0n) is 16.7. The number of hydrogen-bond donors (Lipinski definition) is 0. The van der Waals surface area contributed by atoms with Crippen LogP contribution in [0.5, 0.6) is 17.2 Å². The van der Waals surface area contributed by atoms with Crippen molar-refractivity contribution in [3.8, 4) is 17.2 Å². The van der Waals surface area contributed by atoms with Gasteiger partial charge in [0, 0.05) is 32.7 Å². The number of piperazine rings is 1. The van der Waals surface area contributed by atoms with Crippen molar-refractivity contribution in [3.63, 3.8) is 0 Å². The van der Waals surface area contributed by atoms with E-state index in [0.29, 0.717) is 44.2 Å². The van der Waals surface area contributed by atoms with E-state index in [4.69, 9.17) is 14.2 Å². The van der Waals surface area contributed by atoms with Crippen molar-refractivity contribution in [2.75, 3.05) is 47.5 Å². The van der Waals surface area contributed by atoms with Crippen LogP contribution in [0.15, 0.2) is 41.3 Å². The van der Waals surface area contributed by atoms with Crippen LogP contribution in [-0.2, 0) is 16.6 Å². The molecule has 1 aliphatic heterocycles. The maximum absolute atomic E-state index is 13.6. The van der Waals surface area contributed by atoms with Crippen molar-refractivity contribution in [3.05, 3.63) is 47.8 Å². The van der Waals surface area contributed by atoms with Gasteiger partial charge in [0.1, 0.15) is 16.5 Å². The van der Waals surface area contributed by atoms with Crippen molar-refractivity contribution in [2.24, 2.45) is 0 Å². The maximum atomic E-state index is 13.6. The summed E-state index contributed by atoms with van der Waals surface area (Å²) in [5.74, 6) is 0.844. The molecule has 0 aromatic heterocycles. The molecule has 1 fully saturated rings. The SMILES string of the molecule is COc1ccc(CN2CCN(S(=O)(=O)c3cc(F)ccc3OC)CC2)cc1OC. The molecular weight excluding hydrogens is 399 g/mol. The van der Waals surface area contributed by atoms with Crippen LogP contribution in [0.25, 0.3) is 0 Å². The zero-order valence-corrected chi connectivity index (χ0v) is 17.5. The summed E-state index contributed by atoms with van der Waals surface area (Å²) in [6.07, 6.45) is 0. The van der Waals surface area contributed by atoms with Crippen molar-refractivity contribution in [1.29, 1.82) is 0 Å². The van der Waals surface area contributed by atoms with Crippen LogP contribution >= 0.6 is 0 Å². The van der Waals surface area contributed by atoms with Crippen LogP contribution in [0, 0.1) is 5.82 Å². The molecule has 0 N–H and O–H groups in total. The smallest absolute Gasteiger partial charge is 0.246 e. The van der Waals surface area contributed by atoms with Crippen LogP contribution < -0.4 is 14.2 Å². The van der Waals surface area contributed by atoms with Gasteiger partial charge in [-0.25, -0.2) is 12.8 Å². The highest BCUT2D eigenvalue weighted by Gasteiger charge is 2.31. The highest BCUT2D eigenvalue weighted by atomic mass is 32.2. The topological polar surface area (TPSA) is 68.3 Å². The minimum atomic E-state index is -3.84. The molecule has 0 atom stereocenters. The van der Waals surface area contributed by atoms with Crippen LogP contribution in [0.4, 0.5) is 4.39 Å². The van der Waals surface area contributed by atoms with Gasteiger partial charge in [0.15, 0.2) is 11.5 Å². The van der Waals surface area contributed by atoms with Crippen molar-refractivity contribution < 1.29 is 27.0 Å². The van der Waals surface area contributed by atoms with E-state index in [2.05, 4.69) is 4.90 Å². The van der Waals surface area contributed by atoms with Crippen LogP contribution in [-0.4, -0.2) is 65.1 Å². The van der Waals surface area contributed by atoms with Gasteiger partial charge in [-0.3, -0.25) is 4.90 Å². The number of rotatable bonds is 7. The molecule has 0 unspecified atom stereocenters. The molecule has 1 saturated heterocycles. The molecule has 0 amide bonds. The Balaban J connectivity index is 1.68. The Bertz CT molecular complexity index is 959. The quantitative estimate of drug-likeness (QED) is 0.680. The summed E-state index contributed by atoms with van der Waals surface area (Å²) >= 11 is 0.